The third-order valence-corrected chi connectivity index (χ3v) is 4.78. The Morgan fingerprint density at radius 3 is 2.38 bits per heavy atom. The number of ether oxygens (including phenoxy) is 1. The summed E-state index contributed by atoms with van der Waals surface area (Å²) < 4.78 is 18.4. The van der Waals surface area contributed by atoms with Gasteiger partial charge in [0.2, 0.25) is 5.91 Å². The number of hydrogen-bond acceptors (Lipinski definition) is 3. The van der Waals surface area contributed by atoms with Crippen LogP contribution in [0.15, 0.2) is 24.3 Å². The molecule has 24 heavy (non-hydrogen) atoms. The maximum atomic E-state index is 13.0. The molecule has 0 bridgehead atoms. The normalized spacial score (nSPS) is 22.5. The van der Waals surface area contributed by atoms with Crippen LogP contribution < -0.4 is 0 Å². The number of carbonyl (C=O) groups excluding carboxylic acids is 2. The van der Waals surface area contributed by atoms with Crippen LogP contribution in [0.5, 0.6) is 0 Å². The number of piperidine rings is 1. The SMILES string of the molecule is CC1CN(C(=O)C2CCN(C(=O)c3ccc(F)cc3)CC2)CCO1. The molecule has 6 heteroatoms. The fourth-order valence-electron chi connectivity index (χ4n) is 3.38. The minimum Gasteiger partial charge on any atom is -0.375 e. The highest BCUT2D eigenvalue weighted by Gasteiger charge is 2.32. The van der Waals surface area contributed by atoms with Gasteiger partial charge in [0.1, 0.15) is 5.82 Å². The lowest BCUT2D eigenvalue weighted by atomic mass is 9.94. The first-order chi connectivity index (χ1) is 11.5. The molecule has 0 spiro atoms. The van der Waals surface area contributed by atoms with E-state index in [2.05, 4.69) is 0 Å². The fraction of sp³-hybridized carbons (Fsp3) is 0.556. The van der Waals surface area contributed by atoms with Gasteiger partial charge in [-0.1, -0.05) is 0 Å². The molecule has 2 fully saturated rings. The topological polar surface area (TPSA) is 49.9 Å². The Morgan fingerprint density at radius 2 is 1.75 bits per heavy atom. The van der Waals surface area contributed by atoms with Crippen molar-refractivity contribution in [3.63, 3.8) is 0 Å². The van der Waals surface area contributed by atoms with Crippen molar-refractivity contribution in [1.82, 2.24) is 9.80 Å². The van der Waals surface area contributed by atoms with Crippen LogP contribution in [-0.4, -0.2) is 60.5 Å². The molecule has 5 nitrogen and oxygen atoms in total. The predicted molar refractivity (Wildman–Crippen MR) is 87.0 cm³/mol. The first-order valence-corrected chi connectivity index (χ1v) is 8.50. The lowest BCUT2D eigenvalue weighted by Crippen LogP contribution is -2.49. The molecule has 0 aliphatic carbocycles. The second-order valence-corrected chi connectivity index (χ2v) is 6.54. The molecule has 2 aliphatic rings. The van der Waals surface area contributed by atoms with Gasteiger partial charge >= 0.3 is 0 Å². The van der Waals surface area contributed by atoms with Crippen molar-refractivity contribution in [3.8, 4) is 0 Å². The molecule has 2 saturated heterocycles. The summed E-state index contributed by atoms with van der Waals surface area (Å²) in [5.41, 5.74) is 0.489. The van der Waals surface area contributed by atoms with Crippen LogP contribution in [0, 0.1) is 11.7 Å². The van der Waals surface area contributed by atoms with Crippen molar-refractivity contribution in [3.05, 3.63) is 35.6 Å². The van der Waals surface area contributed by atoms with Crippen molar-refractivity contribution >= 4 is 11.8 Å². The van der Waals surface area contributed by atoms with Crippen LogP contribution in [0.1, 0.15) is 30.1 Å². The minimum atomic E-state index is -0.351. The fourth-order valence-corrected chi connectivity index (χ4v) is 3.38. The molecular weight excluding hydrogens is 311 g/mol. The summed E-state index contributed by atoms with van der Waals surface area (Å²) in [6.45, 7) is 4.99. The van der Waals surface area contributed by atoms with Crippen LogP contribution in [0.4, 0.5) is 4.39 Å². The Balaban J connectivity index is 1.54. The van der Waals surface area contributed by atoms with E-state index >= 15 is 0 Å². The zero-order chi connectivity index (χ0) is 17.1. The molecule has 2 amide bonds. The van der Waals surface area contributed by atoms with E-state index in [1.807, 2.05) is 11.8 Å². The smallest absolute Gasteiger partial charge is 0.253 e. The zero-order valence-electron chi connectivity index (χ0n) is 13.9. The molecule has 0 radical (unpaired) electrons. The number of morpholine rings is 1. The number of amides is 2. The second kappa shape index (κ2) is 7.30. The monoisotopic (exact) mass is 334 g/mol. The standard InChI is InChI=1S/C18H23FN2O3/c1-13-12-21(10-11-24-13)18(23)15-6-8-20(9-7-15)17(22)14-2-4-16(19)5-3-14/h2-5,13,15H,6-12H2,1H3. The number of carbonyl (C=O) groups is 2. The van der Waals surface area contributed by atoms with Gasteiger partial charge < -0.3 is 14.5 Å². The molecule has 0 saturated carbocycles. The Labute approximate surface area is 141 Å². The van der Waals surface area contributed by atoms with Gasteiger partial charge in [-0.2, -0.15) is 0 Å². The molecule has 1 aromatic carbocycles. The molecule has 130 valence electrons. The van der Waals surface area contributed by atoms with Crippen molar-refractivity contribution in [1.29, 1.82) is 0 Å². The molecule has 2 heterocycles. The van der Waals surface area contributed by atoms with Crippen LogP contribution >= 0.6 is 0 Å². The number of likely N-dealkylation sites (tertiary alicyclic amines) is 1. The van der Waals surface area contributed by atoms with Crippen molar-refractivity contribution in [2.45, 2.75) is 25.9 Å². The third-order valence-electron chi connectivity index (χ3n) is 4.78. The van der Waals surface area contributed by atoms with Crippen LogP contribution in [0.2, 0.25) is 0 Å². The number of nitrogens with zero attached hydrogens (tertiary/aromatic N) is 2. The van der Waals surface area contributed by atoms with Crippen molar-refractivity contribution in [2.75, 3.05) is 32.8 Å². The lowest BCUT2D eigenvalue weighted by molar-refractivity contribution is -0.143. The van der Waals surface area contributed by atoms with Crippen molar-refractivity contribution in [2.24, 2.45) is 5.92 Å². The van der Waals surface area contributed by atoms with Gasteiger partial charge in [0.05, 0.1) is 12.7 Å². The van der Waals surface area contributed by atoms with Gasteiger partial charge in [-0.05, 0) is 44.0 Å². The highest BCUT2D eigenvalue weighted by atomic mass is 19.1. The van der Waals surface area contributed by atoms with Crippen LogP contribution in [0.25, 0.3) is 0 Å². The van der Waals surface area contributed by atoms with E-state index in [9.17, 15) is 14.0 Å². The quantitative estimate of drug-likeness (QED) is 0.830. The molecule has 2 aliphatic heterocycles. The molecule has 0 aromatic heterocycles. The minimum absolute atomic E-state index is 0.0208. The average Bonchev–Trinajstić information content (AvgIpc) is 2.61. The summed E-state index contributed by atoms with van der Waals surface area (Å²) in [5, 5.41) is 0. The van der Waals surface area contributed by atoms with Gasteiger partial charge in [-0.15, -0.1) is 0 Å². The number of hydrogen-bond donors (Lipinski definition) is 0. The highest BCUT2D eigenvalue weighted by Crippen LogP contribution is 2.22. The maximum absolute atomic E-state index is 13.0. The van der Waals surface area contributed by atoms with E-state index in [1.165, 1.54) is 24.3 Å². The summed E-state index contributed by atoms with van der Waals surface area (Å²) in [6, 6.07) is 5.60. The van der Waals surface area contributed by atoms with E-state index in [0.29, 0.717) is 51.2 Å². The van der Waals surface area contributed by atoms with Crippen molar-refractivity contribution < 1.29 is 18.7 Å². The average molecular weight is 334 g/mol. The zero-order valence-corrected chi connectivity index (χ0v) is 13.9. The maximum Gasteiger partial charge on any atom is 0.253 e. The summed E-state index contributed by atoms with van der Waals surface area (Å²) >= 11 is 0. The first kappa shape index (κ1) is 16.9. The van der Waals surface area contributed by atoms with E-state index in [4.69, 9.17) is 4.74 Å². The predicted octanol–water partition coefficient (Wildman–Crippen LogP) is 1.93. The summed E-state index contributed by atoms with van der Waals surface area (Å²) in [4.78, 5) is 28.7. The third kappa shape index (κ3) is 3.75. The first-order valence-electron chi connectivity index (χ1n) is 8.50. The Morgan fingerprint density at radius 1 is 1.08 bits per heavy atom. The van der Waals surface area contributed by atoms with Gasteiger partial charge in [0, 0.05) is 37.7 Å². The lowest BCUT2D eigenvalue weighted by Gasteiger charge is -2.37. The Bertz CT molecular complexity index is 597. The molecule has 3 rings (SSSR count). The highest BCUT2D eigenvalue weighted by molar-refractivity contribution is 5.94. The summed E-state index contributed by atoms with van der Waals surface area (Å²) in [6.07, 6.45) is 1.44. The largest absolute Gasteiger partial charge is 0.375 e. The number of halogens is 1. The van der Waals surface area contributed by atoms with E-state index in [1.54, 1.807) is 4.90 Å². The van der Waals surface area contributed by atoms with Gasteiger partial charge in [0.15, 0.2) is 0 Å². The van der Waals surface area contributed by atoms with E-state index in [-0.39, 0.29) is 29.7 Å². The van der Waals surface area contributed by atoms with Gasteiger partial charge in [-0.3, -0.25) is 9.59 Å². The molecular formula is C18H23FN2O3. The molecule has 1 aromatic rings. The van der Waals surface area contributed by atoms with E-state index in [0.717, 1.165) is 0 Å². The second-order valence-electron chi connectivity index (χ2n) is 6.54. The van der Waals surface area contributed by atoms with Gasteiger partial charge in [0.25, 0.3) is 5.91 Å². The molecule has 0 N–H and O–H groups in total. The Hall–Kier alpha value is -1.95. The molecule has 1 unspecified atom stereocenters. The van der Waals surface area contributed by atoms with Gasteiger partial charge in [-0.25, -0.2) is 4.39 Å². The summed E-state index contributed by atoms with van der Waals surface area (Å²) in [5.74, 6) is -0.289. The van der Waals surface area contributed by atoms with Crippen LogP contribution in [0.3, 0.4) is 0 Å². The summed E-state index contributed by atoms with van der Waals surface area (Å²) in [7, 11) is 0. The van der Waals surface area contributed by atoms with Crippen LogP contribution in [-0.2, 0) is 9.53 Å². The van der Waals surface area contributed by atoms with E-state index < -0.39 is 0 Å². The number of rotatable bonds is 2. The Kier molecular flexibility index (Phi) is 5.14. The number of benzene rings is 1. The molecule has 1 atom stereocenters.